The molecular weight excluding hydrogens is 687 g/mol. The summed E-state index contributed by atoms with van der Waals surface area (Å²) in [6.07, 6.45) is 66.2. The Morgan fingerprint density at radius 3 is 0.440 bits per heavy atom. The second kappa shape index (κ2) is 46.1. The summed E-state index contributed by atoms with van der Waals surface area (Å²) in [4.78, 5) is 0. The normalized spacial score (nSPS) is 11.8. The average Bonchev–Trinajstić information content (AvgIpc) is 3.11. The topological polar surface area (TPSA) is 0 Å². The molecule has 0 saturated carbocycles. The molecule has 0 rings (SSSR count). The van der Waals surface area contributed by atoms with Gasteiger partial charge in [0, 0.05) is 7.26 Å². The van der Waals surface area contributed by atoms with Crippen LogP contribution in [-0.2, 0) is 0 Å². The smallest absolute Gasteiger partial charge is 0.0594 e. The van der Waals surface area contributed by atoms with Crippen molar-refractivity contribution in [3.8, 4) is 0 Å². The Labute approximate surface area is 331 Å². The molecule has 0 aliphatic carbocycles. The third-order valence-corrected chi connectivity index (χ3v) is 17.0. The van der Waals surface area contributed by atoms with E-state index in [1.165, 1.54) is 231 Å². The molecular formula is C48H100BrP. The minimum absolute atomic E-state index is 0. The highest BCUT2D eigenvalue weighted by Crippen LogP contribution is 2.61. The Balaban J connectivity index is 0. The average molecular weight is 788 g/mol. The van der Waals surface area contributed by atoms with Crippen LogP contribution in [0.25, 0.3) is 0 Å². The Kier molecular flexibility index (Phi) is 48.8. The maximum Gasteiger partial charge on any atom is 0.0594 e. The lowest BCUT2D eigenvalue weighted by atomic mass is 10.1. The Bertz CT molecular complexity index is 475. The number of rotatable bonds is 44. The molecule has 0 aromatic carbocycles. The zero-order chi connectivity index (χ0) is 35.6. The largest absolute Gasteiger partial charge is 1.00 e. The molecule has 0 fully saturated rings. The molecule has 0 aliphatic heterocycles. The molecule has 0 aliphatic rings. The summed E-state index contributed by atoms with van der Waals surface area (Å²) in [5.74, 6) is 0. The summed E-state index contributed by atoms with van der Waals surface area (Å²) in [6, 6.07) is 0. The molecule has 0 atom stereocenters. The van der Waals surface area contributed by atoms with Crippen LogP contribution in [0.1, 0.15) is 285 Å². The van der Waals surface area contributed by atoms with E-state index >= 15 is 0 Å². The van der Waals surface area contributed by atoms with Gasteiger partial charge in [0.05, 0.1) is 24.6 Å². The van der Waals surface area contributed by atoms with Crippen LogP contribution < -0.4 is 17.0 Å². The molecule has 0 nitrogen and oxygen atoms in total. The first-order chi connectivity index (χ1) is 24.2. The van der Waals surface area contributed by atoms with Gasteiger partial charge in [0.15, 0.2) is 0 Å². The van der Waals surface area contributed by atoms with Crippen molar-refractivity contribution in [3.63, 3.8) is 0 Å². The SMILES string of the molecule is CCCCCCCCCCCC[P+](CCCCCCCCCCCC)(CCCCCCCCCCCC)CCCCCCCCCCCC.[Br-]. The van der Waals surface area contributed by atoms with E-state index in [4.69, 9.17) is 0 Å². The van der Waals surface area contributed by atoms with Crippen LogP contribution in [0, 0.1) is 0 Å². The van der Waals surface area contributed by atoms with Gasteiger partial charge in [-0.25, -0.2) is 0 Å². The first-order valence-electron chi connectivity index (χ1n) is 24.1. The molecule has 0 unspecified atom stereocenters. The lowest BCUT2D eigenvalue weighted by Crippen LogP contribution is -3.00. The van der Waals surface area contributed by atoms with Crippen molar-refractivity contribution in [2.75, 3.05) is 24.6 Å². The van der Waals surface area contributed by atoms with Crippen molar-refractivity contribution < 1.29 is 17.0 Å². The van der Waals surface area contributed by atoms with E-state index in [0.29, 0.717) is 0 Å². The van der Waals surface area contributed by atoms with E-state index in [0.717, 1.165) is 0 Å². The summed E-state index contributed by atoms with van der Waals surface area (Å²) in [5.41, 5.74) is 0. The number of hydrogen-bond donors (Lipinski definition) is 0. The highest BCUT2D eigenvalue weighted by Gasteiger charge is 2.35. The van der Waals surface area contributed by atoms with Crippen LogP contribution in [0.5, 0.6) is 0 Å². The summed E-state index contributed by atoms with van der Waals surface area (Å²) in [5, 5.41) is 0. The van der Waals surface area contributed by atoms with Gasteiger partial charge in [-0.2, -0.15) is 0 Å². The van der Waals surface area contributed by atoms with Crippen LogP contribution in [0.4, 0.5) is 0 Å². The molecule has 0 amide bonds. The van der Waals surface area contributed by atoms with Gasteiger partial charge in [0.25, 0.3) is 0 Å². The van der Waals surface area contributed by atoms with Crippen molar-refractivity contribution in [1.82, 2.24) is 0 Å². The van der Waals surface area contributed by atoms with E-state index in [1.54, 1.807) is 50.3 Å². The molecule has 50 heavy (non-hydrogen) atoms. The summed E-state index contributed by atoms with van der Waals surface area (Å²) in [6.45, 7) is 9.36. The van der Waals surface area contributed by atoms with Crippen molar-refractivity contribution in [1.29, 1.82) is 0 Å². The van der Waals surface area contributed by atoms with Crippen molar-refractivity contribution >= 4 is 7.26 Å². The fourth-order valence-corrected chi connectivity index (χ4v) is 13.3. The van der Waals surface area contributed by atoms with Gasteiger partial charge in [0.2, 0.25) is 0 Å². The lowest BCUT2D eigenvalue weighted by molar-refractivity contribution is -0.0000110. The van der Waals surface area contributed by atoms with E-state index in [9.17, 15) is 0 Å². The highest BCUT2D eigenvalue weighted by molar-refractivity contribution is 7.75. The molecule has 0 spiro atoms. The summed E-state index contributed by atoms with van der Waals surface area (Å²) in [7, 11) is -0.792. The van der Waals surface area contributed by atoms with Crippen LogP contribution >= 0.6 is 7.26 Å². The zero-order valence-electron chi connectivity index (χ0n) is 35.9. The first-order valence-corrected chi connectivity index (χ1v) is 26.6. The minimum Gasteiger partial charge on any atom is -1.00 e. The van der Waals surface area contributed by atoms with Gasteiger partial charge in [-0.3, -0.25) is 0 Å². The van der Waals surface area contributed by atoms with Gasteiger partial charge >= 0.3 is 0 Å². The molecule has 0 radical (unpaired) electrons. The summed E-state index contributed by atoms with van der Waals surface area (Å²) < 4.78 is 0. The standard InChI is InChI=1S/C48H100P.BrH/c1-5-9-13-17-21-25-29-33-37-41-45-49(46-42-38-34-30-26-22-18-14-10-6-2,47-43-39-35-31-27-23-19-15-11-7-3)48-44-40-36-32-28-24-20-16-12-8-4;/h5-48H2,1-4H3;1H/q+1;/p-1. The van der Waals surface area contributed by atoms with Gasteiger partial charge in [-0.05, 0) is 51.4 Å². The van der Waals surface area contributed by atoms with Gasteiger partial charge in [0.1, 0.15) is 0 Å². The van der Waals surface area contributed by atoms with Crippen molar-refractivity contribution in [2.24, 2.45) is 0 Å². The third-order valence-electron chi connectivity index (χ3n) is 11.9. The monoisotopic (exact) mass is 787 g/mol. The number of hydrogen-bond acceptors (Lipinski definition) is 0. The fraction of sp³-hybridized carbons (Fsp3) is 1.00. The molecule has 304 valence electrons. The zero-order valence-corrected chi connectivity index (χ0v) is 38.4. The Morgan fingerprint density at radius 2 is 0.300 bits per heavy atom. The quantitative estimate of drug-likeness (QED) is 0.0426. The van der Waals surface area contributed by atoms with Crippen LogP contribution in [0.3, 0.4) is 0 Å². The fourth-order valence-electron chi connectivity index (χ4n) is 8.41. The third kappa shape index (κ3) is 40.1. The molecule has 0 N–H and O–H groups in total. The molecule has 0 heterocycles. The van der Waals surface area contributed by atoms with Gasteiger partial charge in [-0.1, -0.05) is 233 Å². The maximum atomic E-state index is 2.34. The molecule has 0 saturated heterocycles. The molecule has 0 aromatic heterocycles. The van der Waals surface area contributed by atoms with Crippen LogP contribution in [-0.4, -0.2) is 24.6 Å². The Hall–Kier alpha value is 0.910. The number of unbranched alkanes of at least 4 members (excludes halogenated alkanes) is 36. The maximum absolute atomic E-state index is 2.34. The second-order valence-corrected chi connectivity index (χ2v) is 21.4. The van der Waals surface area contributed by atoms with Crippen molar-refractivity contribution in [3.05, 3.63) is 0 Å². The minimum atomic E-state index is -0.792. The molecule has 0 aromatic rings. The van der Waals surface area contributed by atoms with E-state index < -0.39 is 7.26 Å². The van der Waals surface area contributed by atoms with E-state index in [-0.39, 0.29) is 17.0 Å². The second-order valence-electron chi connectivity index (χ2n) is 17.0. The van der Waals surface area contributed by atoms with E-state index in [2.05, 4.69) is 27.7 Å². The first kappa shape index (κ1) is 53.0. The van der Waals surface area contributed by atoms with E-state index in [1.807, 2.05) is 0 Å². The van der Waals surface area contributed by atoms with Gasteiger partial charge in [-0.15, -0.1) is 0 Å². The van der Waals surface area contributed by atoms with Gasteiger partial charge < -0.3 is 17.0 Å². The molecule has 2 heteroatoms. The van der Waals surface area contributed by atoms with Crippen LogP contribution in [0.2, 0.25) is 0 Å². The number of halogens is 1. The van der Waals surface area contributed by atoms with Crippen molar-refractivity contribution in [2.45, 2.75) is 285 Å². The van der Waals surface area contributed by atoms with Crippen LogP contribution in [0.15, 0.2) is 0 Å². The Morgan fingerprint density at radius 1 is 0.180 bits per heavy atom. The predicted molar refractivity (Wildman–Crippen MR) is 234 cm³/mol. The summed E-state index contributed by atoms with van der Waals surface area (Å²) >= 11 is 0. The lowest BCUT2D eigenvalue weighted by Gasteiger charge is -2.28. The predicted octanol–water partition coefficient (Wildman–Crippen LogP) is 15.7. The highest BCUT2D eigenvalue weighted by atomic mass is 79.9. The molecule has 0 bridgehead atoms.